The zero-order chi connectivity index (χ0) is 19.6. The molecule has 146 valence electrons. The summed E-state index contributed by atoms with van der Waals surface area (Å²) < 4.78 is 2.02. The average molecular weight is 403 g/mol. The van der Waals surface area contributed by atoms with Crippen LogP contribution in [-0.4, -0.2) is 20.9 Å². The molecule has 0 radical (unpaired) electrons. The first kappa shape index (κ1) is 18.1. The average Bonchev–Trinajstić information content (AvgIpc) is 3.31. The van der Waals surface area contributed by atoms with Gasteiger partial charge in [-0.25, -0.2) is 9.98 Å². The number of thiazole rings is 1. The van der Waals surface area contributed by atoms with Crippen LogP contribution >= 0.6 is 11.3 Å². The summed E-state index contributed by atoms with van der Waals surface area (Å²) in [5.74, 6) is 0.951. The third-order valence-corrected chi connectivity index (χ3v) is 6.49. The van der Waals surface area contributed by atoms with Crippen LogP contribution in [0.1, 0.15) is 48.6 Å². The number of aromatic nitrogens is 2. The number of rotatable bonds is 3. The molecule has 0 amide bonds. The monoisotopic (exact) mass is 402 g/mol. The van der Waals surface area contributed by atoms with Gasteiger partial charge in [-0.1, -0.05) is 54.9 Å². The minimum absolute atomic E-state index is 0.277. The Bertz CT molecular complexity index is 1150. The van der Waals surface area contributed by atoms with Crippen LogP contribution < -0.4 is 4.80 Å². The Morgan fingerprint density at radius 2 is 1.90 bits per heavy atom. The number of fused-ring (bicyclic) bond motifs is 1. The third kappa shape index (κ3) is 3.56. The molecule has 1 aromatic carbocycles. The molecule has 0 spiro atoms. The summed E-state index contributed by atoms with van der Waals surface area (Å²) in [6, 6.07) is 14.0. The predicted molar refractivity (Wildman–Crippen MR) is 118 cm³/mol. The van der Waals surface area contributed by atoms with Gasteiger partial charge < -0.3 is 5.11 Å². The van der Waals surface area contributed by atoms with Crippen molar-refractivity contribution in [1.82, 2.24) is 9.55 Å². The quantitative estimate of drug-likeness (QED) is 0.616. The zero-order valence-electron chi connectivity index (χ0n) is 16.0. The molecule has 1 aliphatic heterocycles. The zero-order valence-corrected chi connectivity index (χ0v) is 16.8. The first-order valence-electron chi connectivity index (χ1n) is 10.0. The highest BCUT2D eigenvalue weighted by atomic mass is 32.1. The predicted octanol–water partition coefficient (Wildman–Crippen LogP) is 5.64. The van der Waals surface area contributed by atoms with Crippen molar-refractivity contribution in [2.45, 2.75) is 38.1 Å². The fourth-order valence-electron chi connectivity index (χ4n) is 4.05. The number of nitrogens with zero attached hydrogens (tertiary/aromatic N) is 4. The van der Waals surface area contributed by atoms with E-state index in [0.717, 1.165) is 39.3 Å². The first-order valence-corrected chi connectivity index (χ1v) is 10.9. The maximum absolute atomic E-state index is 11.2. The molecular weight excluding hydrogens is 380 g/mol. The van der Waals surface area contributed by atoms with Crippen LogP contribution in [0.15, 0.2) is 58.6 Å². The van der Waals surface area contributed by atoms with Crippen molar-refractivity contribution in [3.63, 3.8) is 0 Å². The van der Waals surface area contributed by atoms with E-state index in [4.69, 9.17) is 4.99 Å². The van der Waals surface area contributed by atoms with Gasteiger partial charge in [0.2, 0.25) is 5.88 Å². The van der Waals surface area contributed by atoms with Gasteiger partial charge in [-0.15, -0.1) is 0 Å². The molecular formula is C23H22N4OS. The number of aromatic hydroxyl groups is 1. The maximum atomic E-state index is 11.2. The van der Waals surface area contributed by atoms with Gasteiger partial charge >= 0.3 is 0 Å². The van der Waals surface area contributed by atoms with E-state index in [-0.39, 0.29) is 6.04 Å². The van der Waals surface area contributed by atoms with Gasteiger partial charge in [-0.2, -0.15) is 0 Å². The minimum atomic E-state index is 0.277. The normalized spacial score (nSPS) is 18.5. The molecule has 2 aliphatic rings. The lowest BCUT2D eigenvalue weighted by molar-refractivity contribution is 0.307. The van der Waals surface area contributed by atoms with Crippen LogP contribution in [-0.2, 0) is 0 Å². The Hall–Kier alpha value is -2.99. The van der Waals surface area contributed by atoms with Crippen molar-refractivity contribution < 1.29 is 5.11 Å². The number of para-hydroxylation sites is 1. The molecule has 1 fully saturated rings. The van der Waals surface area contributed by atoms with Crippen molar-refractivity contribution in [2.75, 3.05) is 0 Å². The largest absolute Gasteiger partial charge is 0.493 e. The maximum Gasteiger partial charge on any atom is 0.211 e. The second-order valence-electron chi connectivity index (χ2n) is 7.41. The first-order chi connectivity index (χ1) is 14.3. The van der Waals surface area contributed by atoms with Gasteiger partial charge in [0.05, 0.1) is 10.6 Å². The third-order valence-electron chi connectivity index (χ3n) is 5.50. The van der Waals surface area contributed by atoms with Crippen molar-refractivity contribution in [2.24, 2.45) is 9.98 Å². The van der Waals surface area contributed by atoms with E-state index in [9.17, 15) is 5.11 Å². The molecule has 1 N–H and O–H groups in total. The summed E-state index contributed by atoms with van der Waals surface area (Å²) in [5.41, 5.74) is 3.07. The molecule has 3 aromatic rings. The van der Waals surface area contributed by atoms with Crippen molar-refractivity contribution in [3.8, 4) is 5.88 Å². The van der Waals surface area contributed by atoms with E-state index in [1.54, 1.807) is 6.20 Å². The fraction of sp³-hybridized carbons (Fsp3) is 0.261. The number of aliphatic imine (C=N–C) groups is 1. The van der Waals surface area contributed by atoms with E-state index in [1.165, 1.54) is 30.6 Å². The van der Waals surface area contributed by atoms with Gasteiger partial charge in [-0.3, -0.25) is 9.56 Å². The summed E-state index contributed by atoms with van der Waals surface area (Å²) in [6.45, 7) is 0. The molecule has 6 heteroatoms. The van der Waals surface area contributed by atoms with E-state index >= 15 is 0 Å². The Morgan fingerprint density at radius 1 is 1.07 bits per heavy atom. The van der Waals surface area contributed by atoms with Gasteiger partial charge in [0.1, 0.15) is 0 Å². The van der Waals surface area contributed by atoms with E-state index in [2.05, 4.69) is 16.0 Å². The second kappa shape index (κ2) is 7.79. The van der Waals surface area contributed by atoms with Crippen molar-refractivity contribution in [1.29, 1.82) is 0 Å². The van der Waals surface area contributed by atoms with E-state index in [0.29, 0.717) is 11.7 Å². The fourth-order valence-corrected chi connectivity index (χ4v) is 5.10. The van der Waals surface area contributed by atoms with Crippen LogP contribution in [0.25, 0.3) is 11.6 Å². The number of hydrogen-bond acceptors (Lipinski definition) is 5. The van der Waals surface area contributed by atoms with E-state index < -0.39 is 0 Å². The highest BCUT2D eigenvalue weighted by Gasteiger charge is 2.23. The molecule has 0 atom stereocenters. The van der Waals surface area contributed by atoms with Crippen LogP contribution in [0.2, 0.25) is 0 Å². The standard InChI is InChI=1S/C23H22N4OS/c28-22-20(14-16-15-25-19-11-5-4-10-18(16)19)29-23(26-21-12-6-7-13-24-21)27(22)17-8-2-1-3-9-17/h4-7,10-15,17,28H,1-3,8-9H2/b16-14+,26-23+. The SMILES string of the molecule is Oc1c(/C=C2\C=Nc3ccccc32)s/c(=N/c2ccccn2)n1C1CCCCC1. The van der Waals surface area contributed by atoms with Crippen LogP contribution in [0.3, 0.4) is 0 Å². The molecule has 3 heterocycles. The van der Waals surface area contributed by atoms with Crippen LogP contribution in [0.4, 0.5) is 11.5 Å². The molecule has 0 bridgehead atoms. The van der Waals surface area contributed by atoms with Gasteiger partial charge in [-0.05, 0) is 37.1 Å². The Labute approximate surface area is 173 Å². The molecule has 2 aromatic heterocycles. The summed E-state index contributed by atoms with van der Waals surface area (Å²) in [5, 5.41) is 11.2. The minimum Gasteiger partial charge on any atom is -0.493 e. The van der Waals surface area contributed by atoms with Gasteiger partial charge in [0, 0.05) is 29.6 Å². The van der Waals surface area contributed by atoms with Crippen molar-refractivity contribution in [3.05, 3.63) is 63.9 Å². The summed E-state index contributed by atoms with van der Waals surface area (Å²) in [7, 11) is 0. The molecule has 5 rings (SSSR count). The molecule has 5 nitrogen and oxygen atoms in total. The Morgan fingerprint density at radius 3 is 2.72 bits per heavy atom. The van der Waals surface area contributed by atoms with Crippen LogP contribution in [0.5, 0.6) is 5.88 Å². The lowest BCUT2D eigenvalue weighted by Gasteiger charge is -2.23. The number of benzene rings is 1. The number of allylic oxidation sites excluding steroid dienone is 1. The Kier molecular flexibility index (Phi) is 4.86. The lowest BCUT2D eigenvalue weighted by Crippen LogP contribution is -2.22. The topological polar surface area (TPSA) is 62.8 Å². The molecule has 29 heavy (non-hydrogen) atoms. The second-order valence-corrected chi connectivity index (χ2v) is 8.42. The highest BCUT2D eigenvalue weighted by molar-refractivity contribution is 7.10. The molecule has 0 unspecified atom stereocenters. The van der Waals surface area contributed by atoms with Gasteiger partial charge in [0.25, 0.3) is 0 Å². The lowest BCUT2D eigenvalue weighted by atomic mass is 9.95. The Balaban J connectivity index is 1.63. The molecule has 1 aliphatic carbocycles. The summed E-state index contributed by atoms with van der Waals surface area (Å²) >= 11 is 1.50. The summed E-state index contributed by atoms with van der Waals surface area (Å²) in [4.78, 5) is 15.2. The van der Waals surface area contributed by atoms with Crippen molar-refractivity contribution >= 4 is 40.7 Å². The number of pyridine rings is 1. The van der Waals surface area contributed by atoms with Crippen LogP contribution in [0, 0.1) is 0 Å². The molecule has 1 saturated carbocycles. The highest BCUT2D eigenvalue weighted by Crippen LogP contribution is 2.37. The van der Waals surface area contributed by atoms with Gasteiger partial charge in [0.15, 0.2) is 10.6 Å². The number of hydrogen-bond donors (Lipinski definition) is 1. The van der Waals surface area contributed by atoms with E-state index in [1.807, 2.05) is 53.3 Å². The molecule has 0 saturated heterocycles. The smallest absolute Gasteiger partial charge is 0.211 e. The summed E-state index contributed by atoms with van der Waals surface area (Å²) in [6.07, 6.45) is 11.4.